The van der Waals surface area contributed by atoms with Crippen molar-refractivity contribution in [1.29, 1.82) is 0 Å². The van der Waals surface area contributed by atoms with Crippen molar-refractivity contribution >= 4 is 17.2 Å². The highest BCUT2D eigenvalue weighted by Gasteiger charge is 2.35. The SMILES string of the molecule is NC1(C(=O)NCC(O)c2ccsc2)CCOCC1. The van der Waals surface area contributed by atoms with E-state index in [2.05, 4.69) is 5.32 Å². The molecule has 0 bridgehead atoms. The molecule has 0 aliphatic carbocycles. The third kappa shape index (κ3) is 3.08. The van der Waals surface area contributed by atoms with Gasteiger partial charge in [-0.05, 0) is 35.2 Å². The van der Waals surface area contributed by atoms with E-state index in [1.165, 1.54) is 11.3 Å². The highest BCUT2D eigenvalue weighted by atomic mass is 32.1. The maximum absolute atomic E-state index is 12.0. The van der Waals surface area contributed by atoms with Gasteiger partial charge in [0.15, 0.2) is 0 Å². The van der Waals surface area contributed by atoms with Crippen LogP contribution in [0, 0.1) is 0 Å². The number of carbonyl (C=O) groups excluding carboxylic acids is 1. The highest BCUT2D eigenvalue weighted by Crippen LogP contribution is 2.19. The second kappa shape index (κ2) is 5.79. The lowest BCUT2D eigenvalue weighted by molar-refractivity contribution is -0.130. The predicted octanol–water partition coefficient (Wildman–Crippen LogP) is 0.406. The Hall–Kier alpha value is -0.950. The van der Waals surface area contributed by atoms with Crippen molar-refractivity contribution in [3.8, 4) is 0 Å². The fourth-order valence-corrected chi connectivity index (χ4v) is 2.62. The average Bonchev–Trinajstić information content (AvgIpc) is 2.90. The number of carbonyl (C=O) groups is 1. The van der Waals surface area contributed by atoms with Gasteiger partial charge in [-0.25, -0.2) is 0 Å². The summed E-state index contributed by atoms with van der Waals surface area (Å²) in [7, 11) is 0. The lowest BCUT2D eigenvalue weighted by atomic mass is 9.90. The molecule has 100 valence electrons. The topological polar surface area (TPSA) is 84.6 Å². The number of nitrogens with one attached hydrogen (secondary N) is 1. The van der Waals surface area contributed by atoms with Gasteiger partial charge in [-0.2, -0.15) is 11.3 Å². The van der Waals surface area contributed by atoms with Crippen LogP contribution in [-0.4, -0.2) is 36.3 Å². The van der Waals surface area contributed by atoms with Gasteiger partial charge in [-0.1, -0.05) is 0 Å². The summed E-state index contributed by atoms with van der Waals surface area (Å²) in [4.78, 5) is 12.0. The van der Waals surface area contributed by atoms with E-state index < -0.39 is 11.6 Å². The fraction of sp³-hybridized carbons (Fsp3) is 0.583. The minimum absolute atomic E-state index is 0.190. The Morgan fingerprint density at radius 1 is 1.61 bits per heavy atom. The highest BCUT2D eigenvalue weighted by molar-refractivity contribution is 7.07. The zero-order valence-electron chi connectivity index (χ0n) is 10.1. The van der Waals surface area contributed by atoms with E-state index in [0.29, 0.717) is 26.1 Å². The minimum Gasteiger partial charge on any atom is -0.387 e. The molecule has 1 atom stereocenters. The van der Waals surface area contributed by atoms with Crippen LogP contribution in [0.4, 0.5) is 0 Å². The molecule has 2 heterocycles. The molecule has 4 N–H and O–H groups in total. The molecule has 1 aliphatic heterocycles. The summed E-state index contributed by atoms with van der Waals surface area (Å²) in [6, 6.07) is 1.84. The zero-order valence-corrected chi connectivity index (χ0v) is 10.9. The lowest BCUT2D eigenvalue weighted by Gasteiger charge is -2.32. The Labute approximate surface area is 110 Å². The molecule has 0 aromatic carbocycles. The number of thiophene rings is 1. The maximum Gasteiger partial charge on any atom is 0.240 e. The van der Waals surface area contributed by atoms with Crippen LogP contribution in [0.2, 0.25) is 0 Å². The molecule has 1 unspecified atom stereocenters. The smallest absolute Gasteiger partial charge is 0.240 e. The number of ether oxygens (including phenoxy) is 1. The summed E-state index contributed by atoms with van der Waals surface area (Å²) in [5.41, 5.74) is 6.00. The van der Waals surface area contributed by atoms with E-state index in [4.69, 9.17) is 10.5 Å². The van der Waals surface area contributed by atoms with Gasteiger partial charge in [0.25, 0.3) is 0 Å². The molecule has 1 aromatic rings. The average molecular weight is 270 g/mol. The molecule has 0 spiro atoms. The molecule has 1 saturated heterocycles. The predicted molar refractivity (Wildman–Crippen MR) is 69.3 cm³/mol. The van der Waals surface area contributed by atoms with Crippen LogP contribution in [0.15, 0.2) is 16.8 Å². The molecular weight excluding hydrogens is 252 g/mol. The summed E-state index contributed by atoms with van der Waals surface area (Å²) < 4.78 is 5.19. The molecule has 1 fully saturated rings. The number of rotatable bonds is 4. The van der Waals surface area contributed by atoms with E-state index in [1.54, 1.807) is 0 Å². The van der Waals surface area contributed by atoms with Crippen LogP contribution in [0.5, 0.6) is 0 Å². The van der Waals surface area contributed by atoms with Gasteiger partial charge in [0.2, 0.25) is 5.91 Å². The summed E-state index contributed by atoms with van der Waals surface area (Å²) in [6.07, 6.45) is 0.365. The van der Waals surface area contributed by atoms with Crippen molar-refractivity contribution in [3.63, 3.8) is 0 Å². The van der Waals surface area contributed by atoms with Crippen molar-refractivity contribution in [1.82, 2.24) is 5.32 Å². The Kier molecular flexibility index (Phi) is 4.34. The number of aliphatic hydroxyl groups is 1. The molecule has 5 nitrogen and oxygen atoms in total. The summed E-state index contributed by atoms with van der Waals surface area (Å²) >= 11 is 1.52. The van der Waals surface area contributed by atoms with Crippen LogP contribution >= 0.6 is 11.3 Å². The van der Waals surface area contributed by atoms with Gasteiger partial charge < -0.3 is 20.9 Å². The number of hydrogen-bond acceptors (Lipinski definition) is 5. The largest absolute Gasteiger partial charge is 0.387 e. The minimum atomic E-state index is -0.855. The summed E-state index contributed by atoms with van der Waals surface area (Å²) in [5.74, 6) is -0.208. The fourth-order valence-electron chi connectivity index (χ4n) is 1.91. The Morgan fingerprint density at radius 2 is 2.33 bits per heavy atom. The van der Waals surface area contributed by atoms with Crippen LogP contribution < -0.4 is 11.1 Å². The molecule has 0 saturated carbocycles. The molecule has 6 heteroatoms. The van der Waals surface area contributed by atoms with Crippen LogP contribution in [-0.2, 0) is 9.53 Å². The van der Waals surface area contributed by atoms with E-state index in [1.807, 2.05) is 16.8 Å². The Morgan fingerprint density at radius 3 is 2.94 bits per heavy atom. The first-order valence-electron chi connectivity index (χ1n) is 5.97. The second-order valence-corrected chi connectivity index (χ2v) is 5.33. The first-order chi connectivity index (χ1) is 8.62. The van der Waals surface area contributed by atoms with Gasteiger partial charge in [0, 0.05) is 19.8 Å². The Bertz CT molecular complexity index is 388. The van der Waals surface area contributed by atoms with Gasteiger partial charge in [-0.15, -0.1) is 0 Å². The molecule has 1 amide bonds. The second-order valence-electron chi connectivity index (χ2n) is 4.55. The molecule has 2 rings (SSSR count). The molecule has 1 aliphatic rings. The van der Waals surface area contributed by atoms with Crippen LogP contribution in [0.3, 0.4) is 0 Å². The quantitative estimate of drug-likeness (QED) is 0.739. The normalized spacial score (nSPS) is 20.3. The zero-order chi connectivity index (χ0) is 13.0. The van der Waals surface area contributed by atoms with Gasteiger partial charge in [-0.3, -0.25) is 4.79 Å². The van der Waals surface area contributed by atoms with Crippen LogP contribution in [0.25, 0.3) is 0 Å². The molecule has 0 radical (unpaired) electrons. The number of aliphatic hydroxyl groups excluding tert-OH is 1. The van der Waals surface area contributed by atoms with Crippen molar-refractivity contribution in [2.24, 2.45) is 5.73 Å². The van der Waals surface area contributed by atoms with E-state index >= 15 is 0 Å². The van der Waals surface area contributed by atoms with E-state index in [-0.39, 0.29) is 12.5 Å². The van der Waals surface area contributed by atoms with Crippen molar-refractivity contribution in [2.45, 2.75) is 24.5 Å². The van der Waals surface area contributed by atoms with Crippen molar-refractivity contribution < 1.29 is 14.6 Å². The van der Waals surface area contributed by atoms with E-state index in [0.717, 1.165) is 5.56 Å². The monoisotopic (exact) mass is 270 g/mol. The number of hydrogen-bond donors (Lipinski definition) is 3. The Balaban J connectivity index is 1.84. The summed E-state index contributed by atoms with van der Waals surface area (Å²) in [5, 5.41) is 16.3. The standard InChI is InChI=1S/C12H18N2O3S/c13-12(2-4-17-5-3-12)11(16)14-7-10(15)9-1-6-18-8-9/h1,6,8,10,15H,2-5,7,13H2,(H,14,16). The van der Waals surface area contributed by atoms with Gasteiger partial charge in [0.05, 0.1) is 11.6 Å². The van der Waals surface area contributed by atoms with Gasteiger partial charge >= 0.3 is 0 Å². The van der Waals surface area contributed by atoms with Crippen LogP contribution in [0.1, 0.15) is 24.5 Å². The van der Waals surface area contributed by atoms with Crippen molar-refractivity contribution in [2.75, 3.05) is 19.8 Å². The molecule has 18 heavy (non-hydrogen) atoms. The number of nitrogens with two attached hydrogens (primary N) is 1. The number of amides is 1. The van der Waals surface area contributed by atoms with E-state index in [9.17, 15) is 9.90 Å². The molecular formula is C12H18N2O3S. The first-order valence-corrected chi connectivity index (χ1v) is 6.91. The molecule has 1 aromatic heterocycles. The van der Waals surface area contributed by atoms with Crippen molar-refractivity contribution in [3.05, 3.63) is 22.4 Å². The third-order valence-corrected chi connectivity index (χ3v) is 3.92. The van der Waals surface area contributed by atoms with Gasteiger partial charge in [0.1, 0.15) is 0 Å². The first kappa shape index (κ1) is 13.5. The lowest BCUT2D eigenvalue weighted by Crippen LogP contribution is -2.57. The third-order valence-electron chi connectivity index (χ3n) is 3.22. The maximum atomic E-state index is 12.0. The summed E-state index contributed by atoms with van der Waals surface area (Å²) in [6.45, 7) is 1.21.